The van der Waals surface area contributed by atoms with Crippen LogP contribution in [-0.4, -0.2) is 27.9 Å². The first-order valence-electron chi connectivity index (χ1n) is 7.65. The zero-order valence-electron chi connectivity index (χ0n) is 12.1. The van der Waals surface area contributed by atoms with Crippen LogP contribution in [-0.2, 0) is 6.42 Å². The number of rotatable bonds is 2. The Labute approximate surface area is 128 Å². The molecule has 0 N–H and O–H groups in total. The molecule has 0 spiro atoms. The predicted molar refractivity (Wildman–Crippen MR) is 85.7 cm³/mol. The summed E-state index contributed by atoms with van der Waals surface area (Å²) in [5.74, 6) is 0.181. The van der Waals surface area contributed by atoms with Crippen LogP contribution in [0, 0.1) is 0 Å². The number of thiazole rings is 1. The summed E-state index contributed by atoms with van der Waals surface area (Å²) >= 11 is 1.70. The minimum absolute atomic E-state index is 0.181. The second-order valence-corrected chi connectivity index (χ2v) is 6.93. The summed E-state index contributed by atoms with van der Waals surface area (Å²) in [5, 5.41) is 1.13. The Bertz CT molecular complexity index is 733. The number of nitrogens with zero attached hydrogens (tertiary/aromatic N) is 2. The van der Waals surface area contributed by atoms with Crippen LogP contribution in [0.3, 0.4) is 0 Å². The third-order valence-electron chi connectivity index (χ3n) is 4.53. The molecule has 0 saturated carbocycles. The number of carbonyl (C=O) groups excluding carboxylic acids is 1. The largest absolute Gasteiger partial charge is 0.329 e. The highest BCUT2D eigenvalue weighted by Gasteiger charge is 2.37. The Kier molecular flexibility index (Phi) is 3.07. The molecule has 0 radical (unpaired) electrons. The van der Waals surface area contributed by atoms with Crippen molar-refractivity contribution in [3.63, 3.8) is 0 Å². The van der Waals surface area contributed by atoms with Gasteiger partial charge >= 0.3 is 0 Å². The van der Waals surface area contributed by atoms with E-state index in [-0.39, 0.29) is 5.91 Å². The van der Waals surface area contributed by atoms with Gasteiger partial charge in [-0.15, -0.1) is 11.3 Å². The Morgan fingerprint density at radius 2 is 2.33 bits per heavy atom. The van der Waals surface area contributed by atoms with Gasteiger partial charge in [-0.1, -0.05) is 19.1 Å². The molecule has 3 heterocycles. The lowest BCUT2D eigenvalue weighted by molar-refractivity contribution is 0.0689. The number of hydrogen-bond donors (Lipinski definition) is 0. The first-order valence-corrected chi connectivity index (χ1v) is 8.46. The maximum absolute atomic E-state index is 12.9. The van der Waals surface area contributed by atoms with E-state index in [2.05, 4.69) is 29.0 Å². The van der Waals surface area contributed by atoms with E-state index in [4.69, 9.17) is 0 Å². The summed E-state index contributed by atoms with van der Waals surface area (Å²) in [4.78, 5) is 19.5. The molecule has 2 bridgehead atoms. The summed E-state index contributed by atoms with van der Waals surface area (Å²) in [6, 6.07) is 6.64. The Morgan fingerprint density at radius 3 is 3.14 bits per heavy atom. The van der Waals surface area contributed by atoms with Gasteiger partial charge in [0.15, 0.2) is 0 Å². The predicted octanol–water partition coefficient (Wildman–Crippen LogP) is 3.79. The minimum Gasteiger partial charge on any atom is -0.329 e. The van der Waals surface area contributed by atoms with Crippen molar-refractivity contribution in [1.82, 2.24) is 9.88 Å². The van der Waals surface area contributed by atoms with Crippen LogP contribution in [0.1, 0.15) is 41.6 Å². The van der Waals surface area contributed by atoms with E-state index in [1.54, 1.807) is 11.3 Å². The van der Waals surface area contributed by atoms with Crippen molar-refractivity contribution >= 4 is 27.5 Å². The molecule has 0 aliphatic carbocycles. The molecule has 2 unspecified atom stereocenters. The summed E-state index contributed by atoms with van der Waals surface area (Å²) in [5.41, 5.74) is 1.82. The van der Waals surface area contributed by atoms with Gasteiger partial charge in [0.25, 0.3) is 5.91 Å². The Balaban J connectivity index is 1.69. The highest BCUT2D eigenvalue weighted by atomic mass is 32.1. The van der Waals surface area contributed by atoms with E-state index in [9.17, 15) is 4.79 Å². The molecule has 1 saturated heterocycles. The van der Waals surface area contributed by atoms with Gasteiger partial charge in [0.2, 0.25) is 0 Å². The number of benzene rings is 1. The fraction of sp³-hybridized carbons (Fsp3) is 0.412. The zero-order valence-corrected chi connectivity index (χ0v) is 12.9. The molecule has 21 heavy (non-hydrogen) atoms. The normalized spacial score (nSPS) is 24.0. The number of amides is 1. The quantitative estimate of drug-likeness (QED) is 0.790. The second-order valence-electron chi connectivity index (χ2n) is 5.82. The molecule has 2 aliphatic rings. The van der Waals surface area contributed by atoms with Crippen LogP contribution in [0.2, 0.25) is 0 Å². The molecular weight excluding hydrogens is 280 g/mol. The summed E-state index contributed by atoms with van der Waals surface area (Å²) in [6.45, 7) is 2.11. The highest BCUT2D eigenvalue weighted by molar-refractivity contribution is 7.18. The number of aryl methyl sites for hydroxylation is 1. The van der Waals surface area contributed by atoms with Crippen molar-refractivity contribution in [3.05, 3.63) is 40.9 Å². The van der Waals surface area contributed by atoms with Crippen LogP contribution in [0.5, 0.6) is 0 Å². The molecule has 1 aromatic carbocycles. The molecule has 108 valence electrons. The standard InChI is InChI=1S/C17H18N2OS/c1-2-16-18-14-9-6-11(10-15(14)21-16)17(20)19-12-4-3-5-13(19)8-7-12/h3-4,6,9-10,12-13H,2,5,7-8H2,1H3. The molecule has 3 nitrogen and oxygen atoms in total. The molecule has 1 amide bonds. The highest BCUT2D eigenvalue weighted by Crippen LogP contribution is 2.33. The Morgan fingerprint density at radius 1 is 1.43 bits per heavy atom. The van der Waals surface area contributed by atoms with Crippen molar-refractivity contribution in [2.75, 3.05) is 0 Å². The maximum Gasteiger partial charge on any atom is 0.254 e. The molecule has 4 rings (SSSR count). The number of aromatic nitrogens is 1. The minimum atomic E-state index is 0.181. The van der Waals surface area contributed by atoms with Gasteiger partial charge < -0.3 is 4.90 Å². The molecule has 1 fully saturated rings. The van der Waals surface area contributed by atoms with E-state index < -0.39 is 0 Å². The topological polar surface area (TPSA) is 33.2 Å². The lowest BCUT2D eigenvalue weighted by Gasteiger charge is -2.31. The molecular formula is C17H18N2OS. The van der Waals surface area contributed by atoms with E-state index in [1.807, 2.05) is 18.2 Å². The summed E-state index contributed by atoms with van der Waals surface area (Å²) < 4.78 is 1.12. The van der Waals surface area contributed by atoms with Crippen LogP contribution in [0.15, 0.2) is 30.4 Å². The lowest BCUT2D eigenvalue weighted by Crippen LogP contribution is -2.42. The van der Waals surface area contributed by atoms with Gasteiger partial charge in [0.05, 0.1) is 21.3 Å². The third-order valence-corrected chi connectivity index (χ3v) is 5.69. The SMILES string of the molecule is CCc1nc2ccc(C(=O)N3C4C=CCC3CC4)cc2s1. The third kappa shape index (κ3) is 2.09. The van der Waals surface area contributed by atoms with Crippen LogP contribution >= 0.6 is 11.3 Å². The smallest absolute Gasteiger partial charge is 0.254 e. The molecule has 4 heteroatoms. The second kappa shape index (κ2) is 4.95. The van der Waals surface area contributed by atoms with Crippen molar-refractivity contribution in [3.8, 4) is 0 Å². The van der Waals surface area contributed by atoms with Gasteiger partial charge in [-0.2, -0.15) is 0 Å². The monoisotopic (exact) mass is 298 g/mol. The first kappa shape index (κ1) is 13.0. The van der Waals surface area contributed by atoms with E-state index in [0.717, 1.165) is 46.5 Å². The molecule has 2 aliphatic heterocycles. The van der Waals surface area contributed by atoms with E-state index in [1.165, 1.54) is 0 Å². The van der Waals surface area contributed by atoms with E-state index in [0.29, 0.717) is 12.1 Å². The van der Waals surface area contributed by atoms with Gasteiger partial charge in [-0.05, 0) is 43.9 Å². The first-order chi connectivity index (χ1) is 10.3. The maximum atomic E-state index is 12.9. The molecule has 2 atom stereocenters. The van der Waals surface area contributed by atoms with Crippen LogP contribution in [0.4, 0.5) is 0 Å². The average Bonchev–Trinajstić information content (AvgIpc) is 3.03. The van der Waals surface area contributed by atoms with Crippen LogP contribution in [0.25, 0.3) is 10.2 Å². The van der Waals surface area contributed by atoms with Gasteiger partial charge in [-0.25, -0.2) is 4.98 Å². The lowest BCUT2D eigenvalue weighted by atomic mass is 10.1. The van der Waals surface area contributed by atoms with Crippen molar-refractivity contribution in [1.29, 1.82) is 0 Å². The molecule has 2 aromatic rings. The number of carbonyl (C=O) groups is 1. The number of hydrogen-bond acceptors (Lipinski definition) is 3. The zero-order chi connectivity index (χ0) is 14.4. The van der Waals surface area contributed by atoms with Gasteiger partial charge in [0.1, 0.15) is 0 Å². The Hall–Kier alpha value is -1.68. The van der Waals surface area contributed by atoms with Crippen molar-refractivity contribution < 1.29 is 4.79 Å². The average molecular weight is 298 g/mol. The van der Waals surface area contributed by atoms with Crippen molar-refractivity contribution in [2.24, 2.45) is 0 Å². The summed E-state index contributed by atoms with van der Waals surface area (Å²) in [7, 11) is 0. The van der Waals surface area contributed by atoms with Gasteiger partial charge in [0, 0.05) is 11.6 Å². The fourth-order valence-electron chi connectivity index (χ4n) is 3.45. The van der Waals surface area contributed by atoms with Crippen molar-refractivity contribution in [2.45, 2.75) is 44.7 Å². The van der Waals surface area contributed by atoms with Gasteiger partial charge in [-0.3, -0.25) is 4.79 Å². The fourth-order valence-corrected chi connectivity index (χ4v) is 4.39. The van der Waals surface area contributed by atoms with E-state index >= 15 is 0 Å². The molecule has 1 aromatic heterocycles. The van der Waals surface area contributed by atoms with Crippen LogP contribution < -0.4 is 0 Å². The number of fused-ring (bicyclic) bond motifs is 3. The summed E-state index contributed by atoms with van der Waals surface area (Å²) in [6.07, 6.45) is 8.62.